The molecule has 0 bridgehead atoms. The summed E-state index contributed by atoms with van der Waals surface area (Å²) in [6, 6.07) is 3.50. The lowest BCUT2D eigenvalue weighted by Gasteiger charge is -2.28. The van der Waals surface area contributed by atoms with Gasteiger partial charge in [-0.15, -0.1) is 14.8 Å². The number of rotatable bonds is 3. The number of tetrazole rings is 1. The number of ether oxygens (including phenoxy) is 2. The zero-order valence-electron chi connectivity index (χ0n) is 9.98. The van der Waals surface area contributed by atoms with Crippen LogP contribution >= 0.6 is 0 Å². The van der Waals surface area contributed by atoms with E-state index < -0.39 is 0 Å². The summed E-state index contributed by atoms with van der Waals surface area (Å²) in [5, 5.41) is 18.4. The van der Waals surface area contributed by atoms with E-state index in [2.05, 4.69) is 25.9 Å². The predicted molar refractivity (Wildman–Crippen MR) is 61.3 cm³/mol. The van der Waals surface area contributed by atoms with Crippen LogP contribution in [0.1, 0.15) is 6.92 Å². The second kappa shape index (κ2) is 4.83. The van der Waals surface area contributed by atoms with Gasteiger partial charge in [-0.3, -0.25) is 0 Å². The highest BCUT2D eigenvalue weighted by Gasteiger charge is 2.19. The first-order chi connectivity index (χ1) is 8.81. The lowest BCUT2D eigenvalue weighted by Crippen LogP contribution is -2.45. The van der Waals surface area contributed by atoms with Crippen LogP contribution in [0, 0.1) is 0 Å². The van der Waals surface area contributed by atoms with Gasteiger partial charge in [-0.1, -0.05) is 0 Å². The van der Waals surface area contributed by atoms with Crippen molar-refractivity contribution in [3.8, 4) is 5.88 Å². The molecule has 2 aromatic rings. The van der Waals surface area contributed by atoms with Crippen LogP contribution in [-0.4, -0.2) is 57.2 Å². The molecule has 0 spiro atoms. The molecule has 8 nitrogen and oxygen atoms in total. The standard InChI is InChI=1S/C10H14N6O2/c1-7-4-11-5-8(18-7)6-17-10-3-2-9-12-14-15-16(9)13-10/h2-3,7-8,11H,4-6H2,1H3. The van der Waals surface area contributed by atoms with Gasteiger partial charge in [0, 0.05) is 19.2 Å². The summed E-state index contributed by atoms with van der Waals surface area (Å²) >= 11 is 0. The highest BCUT2D eigenvalue weighted by atomic mass is 16.5. The van der Waals surface area contributed by atoms with Crippen molar-refractivity contribution in [1.82, 2.24) is 30.6 Å². The molecule has 3 rings (SSSR count). The molecule has 96 valence electrons. The SMILES string of the molecule is CC1CNCC(COc2ccc3nnnn3n2)O1. The number of morpholine rings is 1. The van der Waals surface area contributed by atoms with Gasteiger partial charge in [0.25, 0.3) is 0 Å². The van der Waals surface area contributed by atoms with E-state index in [0.717, 1.165) is 13.1 Å². The Kier molecular flexibility index (Phi) is 3.03. The average Bonchev–Trinajstić information content (AvgIpc) is 2.84. The van der Waals surface area contributed by atoms with E-state index in [1.807, 2.05) is 6.92 Å². The van der Waals surface area contributed by atoms with E-state index in [0.29, 0.717) is 18.1 Å². The predicted octanol–water partition coefficient (Wildman–Crippen LogP) is -0.725. The van der Waals surface area contributed by atoms with Crippen LogP contribution in [0.4, 0.5) is 0 Å². The van der Waals surface area contributed by atoms with Crippen LogP contribution in [0.5, 0.6) is 5.88 Å². The monoisotopic (exact) mass is 250 g/mol. The molecule has 1 N–H and O–H groups in total. The Morgan fingerprint density at radius 3 is 3.33 bits per heavy atom. The van der Waals surface area contributed by atoms with Gasteiger partial charge in [0.2, 0.25) is 5.88 Å². The first-order valence-corrected chi connectivity index (χ1v) is 5.85. The highest BCUT2D eigenvalue weighted by molar-refractivity contribution is 5.34. The van der Waals surface area contributed by atoms with E-state index in [1.54, 1.807) is 12.1 Å². The molecule has 18 heavy (non-hydrogen) atoms. The van der Waals surface area contributed by atoms with E-state index in [4.69, 9.17) is 9.47 Å². The van der Waals surface area contributed by atoms with Gasteiger partial charge in [0.15, 0.2) is 5.65 Å². The summed E-state index contributed by atoms with van der Waals surface area (Å²) < 4.78 is 12.6. The minimum absolute atomic E-state index is 0.0418. The number of hydrogen-bond donors (Lipinski definition) is 1. The summed E-state index contributed by atoms with van der Waals surface area (Å²) in [5.74, 6) is 0.483. The molecule has 8 heteroatoms. The fourth-order valence-electron chi connectivity index (χ4n) is 1.86. The molecule has 0 saturated carbocycles. The summed E-state index contributed by atoms with van der Waals surface area (Å²) in [4.78, 5) is 0. The maximum atomic E-state index is 5.72. The van der Waals surface area contributed by atoms with Gasteiger partial charge >= 0.3 is 0 Å². The zero-order valence-corrected chi connectivity index (χ0v) is 9.98. The second-order valence-electron chi connectivity index (χ2n) is 4.24. The number of nitrogens with one attached hydrogen (secondary N) is 1. The van der Waals surface area contributed by atoms with Crippen molar-refractivity contribution >= 4 is 5.65 Å². The van der Waals surface area contributed by atoms with Crippen molar-refractivity contribution in [3.05, 3.63) is 12.1 Å². The van der Waals surface area contributed by atoms with E-state index in [1.165, 1.54) is 4.63 Å². The maximum Gasteiger partial charge on any atom is 0.233 e. The molecular weight excluding hydrogens is 236 g/mol. The van der Waals surface area contributed by atoms with Gasteiger partial charge < -0.3 is 14.8 Å². The minimum atomic E-state index is 0.0418. The topological polar surface area (TPSA) is 86.5 Å². The third-order valence-electron chi connectivity index (χ3n) is 2.69. The molecule has 0 amide bonds. The van der Waals surface area contributed by atoms with Crippen LogP contribution < -0.4 is 10.1 Å². The molecule has 1 saturated heterocycles. The molecule has 1 fully saturated rings. The molecule has 2 aromatic heterocycles. The van der Waals surface area contributed by atoms with E-state index in [9.17, 15) is 0 Å². The van der Waals surface area contributed by atoms with E-state index >= 15 is 0 Å². The van der Waals surface area contributed by atoms with Crippen LogP contribution in [0.2, 0.25) is 0 Å². The van der Waals surface area contributed by atoms with Crippen molar-refractivity contribution in [2.45, 2.75) is 19.1 Å². The molecule has 1 aliphatic rings. The Labute approximate surface area is 103 Å². The molecule has 2 atom stereocenters. The summed E-state index contributed by atoms with van der Waals surface area (Å²) in [5.41, 5.74) is 0.589. The maximum absolute atomic E-state index is 5.72. The third-order valence-corrected chi connectivity index (χ3v) is 2.69. The van der Waals surface area contributed by atoms with Crippen LogP contribution in [0.25, 0.3) is 5.65 Å². The molecular formula is C10H14N6O2. The van der Waals surface area contributed by atoms with Gasteiger partial charge in [-0.05, 0) is 23.4 Å². The summed E-state index contributed by atoms with van der Waals surface area (Å²) in [6.07, 6.45) is 0.252. The smallest absolute Gasteiger partial charge is 0.233 e. The molecule has 0 aliphatic carbocycles. The van der Waals surface area contributed by atoms with E-state index in [-0.39, 0.29) is 12.2 Å². The van der Waals surface area contributed by atoms with Crippen molar-refractivity contribution in [2.24, 2.45) is 0 Å². The quantitative estimate of drug-likeness (QED) is 0.768. The van der Waals surface area contributed by atoms with Gasteiger partial charge in [-0.2, -0.15) is 0 Å². The Morgan fingerprint density at radius 1 is 1.50 bits per heavy atom. The Morgan fingerprint density at radius 2 is 2.44 bits per heavy atom. The molecule has 3 heterocycles. The lowest BCUT2D eigenvalue weighted by atomic mass is 10.2. The van der Waals surface area contributed by atoms with Crippen molar-refractivity contribution in [2.75, 3.05) is 19.7 Å². The Hall–Kier alpha value is -1.80. The number of aromatic nitrogens is 5. The van der Waals surface area contributed by atoms with Gasteiger partial charge in [-0.25, -0.2) is 0 Å². The number of fused-ring (bicyclic) bond motifs is 1. The first kappa shape index (κ1) is 11.3. The Balaban J connectivity index is 1.61. The van der Waals surface area contributed by atoms with Crippen molar-refractivity contribution in [1.29, 1.82) is 0 Å². The van der Waals surface area contributed by atoms with Crippen molar-refractivity contribution in [3.63, 3.8) is 0 Å². The lowest BCUT2D eigenvalue weighted by molar-refractivity contribution is -0.0478. The van der Waals surface area contributed by atoms with Crippen LogP contribution in [-0.2, 0) is 4.74 Å². The average molecular weight is 250 g/mol. The largest absolute Gasteiger partial charge is 0.474 e. The summed E-state index contributed by atoms with van der Waals surface area (Å²) in [6.45, 7) is 4.16. The van der Waals surface area contributed by atoms with Crippen LogP contribution in [0.15, 0.2) is 12.1 Å². The normalized spacial score (nSPS) is 24.3. The van der Waals surface area contributed by atoms with Gasteiger partial charge in [0.1, 0.15) is 12.7 Å². The fraction of sp³-hybridized carbons (Fsp3) is 0.600. The highest BCUT2D eigenvalue weighted by Crippen LogP contribution is 2.09. The second-order valence-corrected chi connectivity index (χ2v) is 4.24. The zero-order chi connectivity index (χ0) is 12.4. The fourth-order valence-corrected chi connectivity index (χ4v) is 1.86. The number of hydrogen-bond acceptors (Lipinski definition) is 7. The molecule has 2 unspecified atom stereocenters. The third kappa shape index (κ3) is 2.39. The van der Waals surface area contributed by atoms with Crippen LogP contribution in [0.3, 0.4) is 0 Å². The molecule has 0 radical (unpaired) electrons. The minimum Gasteiger partial charge on any atom is -0.474 e. The van der Waals surface area contributed by atoms with Gasteiger partial charge in [0.05, 0.1) is 6.10 Å². The molecule has 0 aromatic carbocycles. The molecule has 1 aliphatic heterocycles. The number of nitrogens with zero attached hydrogens (tertiary/aromatic N) is 5. The first-order valence-electron chi connectivity index (χ1n) is 5.85. The Bertz CT molecular complexity index is 530. The summed E-state index contributed by atoms with van der Waals surface area (Å²) in [7, 11) is 0. The van der Waals surface area contributed by atoms with Crippen molar-refractivity contribution < 1.29 is 9.47 Å².